The van der Waals surface area contributed by atoms with Gasteiger partial charge in [0.2, 0.25) is 0 Å². The predicted molar refractivity (Wildman–Crippen MR) is 56.4 cm³/mol. The number of hydrogen-bond donors (Lipinski definition) is 3. The van der Waals surface area contributed by atoms with Crippen LogP contribution in [0.3, 0.4) is 0 Å². The molecule has 3 heteroatoms. The summed E-state index contributed by atoms with van der Waals surface area (Å²) in [7, 11) is 0. The van der Waals surface area contributed by atoms with Crippen LogP contribution in [0.2, 0.25) is 0 Å². The van der Waals surface area contributed by atoms with Gasteiger partial charge in [-0.1, -0.05) is 32.0 Å². The van der Waals surface area contributed by atoms with Crippen molar-refractivity contribution in [2.45, 2.75) is 20.3 Å². The average molecular weight is 182 g/mol. The van der Waals surface area contributed by atoms with Gasteiger partial charge in [-0.15, -0.1) is 0 Å². The number of anilines is 1. The second-order valence-electron chi connectivity index (χ2n) is 2.28. The topological polar surface area (TPSA) is 58.3 Å². The SMILES string of the molecule is CC.NNc1ccccc1CCO. The average Bonchev–Trinajstić information content (AvgIpc) is 2.22. The zero-order valence-corrected chi connectivity index (χ0v) is 8.25. The van der Waals surface area contributed by atoms with Gasteiger partial charge in [-0.3, -0.25) is 5.84 Å². The summed E-state index contributed by atoms with van der Waals surface area (Å²) in [6, 6.07) is 7.64. The van der Waals surface area contributed by atoms with Crippen LogP contribution in [0.15, 0.2) is 24.3 Å². The van der Waals surface area contributed by atoms with Gasteiger partial charge in [-0.2, -0.15) is 0 Å². The minimum Gasteiger partial charge on any atom is -0.396 e. The van der Waals surface area contributed by atoms with E-state index in [0.29, 0.717) is 6.42 Å². The van der Waals surface area contributed by atoms with Crippen LogP contribution in [0.5, 0.6) is 0 Å². The first-order valence-electron chi connectivity index (χ1n) is 4.54. The van der Waals surface area contributed by atoms with E-state index in [-0.39, 0.29) is 6.61 Å². The summed E-state index contributed by atoms with van der Waals surface area (Å²) in [6.07, 6.45) is 0.639. The van der Waals surface area contributed by atoms with Crippen molar-refractivity contribution in [2.75, 3.05) is 12.0 Å². The van der Waals surface area contributed by atoms with Gasteiger partial charge in [0, 0.05) is 6.61 Å². The van der Waals surface area contributed by atoms with Crippen LogP contribution in [0.4, 0.5) is 5.69 Å². The number of aliphatic hydroxyl groups is 1. The number of hydrazine groups is 1. The van der Waals surface area contributed by atoms with Gasteiger partial charge in [0.05, 0.1) is 5.69 Å². The van der Waals surface area contributed by atoms with E-state index in [1.807, 2.05) is 38.1 Å². The van der Waals surface area contributed by atoms with Crippen molar-refractivity contribution in [2.24, 2.45) is 5.84 Å². The standard InChI is InChI=1S/C8H12N2O.C2H6/c9-10-8-4-2-1-3-7(8)5-6-11;1-2/h1-4,10-11H,5-6,9H2;1-2H3. The first-order chi connectivity index (χ1) is 6.38. The van der Waals surface area contributed by atoms with Gasteiger partial charge in [-0.05, 0) is 18.1 Å². The Morgan fingerprint density at radius 2 is 1.92 bits per heavy atom. The number of benzene rings is 1. The molecule has 1 rings (SSSR count). The second-order valence-corrected chi connectivity index (χ2v) is 2.28. The van der Waals surface area contributed by atoms with Crippen molar-refractivity contribution in [3.05, 3.63) is 29.8 Å². The van der Waals surface area contributed by atoms with Gasteiger partial charge in [-0.25, -0.2) is 0 Å². The number of rotatable bonds is 3. The third-order valence-corrected chi connectivity index (χ3v) is 1.55. The van der Waals surface area contributed by atoms with E-state index in [4.69, 9.17) is 10.9 Å². The van der Waals surface area contributed by atoms with Crippen molar-refractivity contribution >= 4 is 5.69 Å². The molecule has 3 nitrogen and oxygen atoms in total. The van der Waals surface area contributed by atoms with Crippen molar-refractivity contribution in [3.63, 3.8) is 0 Å². The summed E-state index contributed by atoms with van der Waals surface area (Å²) in [6.45, 7) is 4.15. The van der Waals surface area contributed by atoms with Crippen LogP contribution in [0.1, 0.15) is 19.4 Å². The van der Waals surface area contributed by atoms with Crippen LogP contribution in [-0.4, -0.2) is 11.7 Å². The molecule has 0 bridgehead atoms. The number of nitrogens with one attached hydrogen (secondary N) is 1. The van der Waals surface area contributed by atoms with Gasteiger partial charge >= 0.3 is 0 Å². The highest BCUT2D eigenvalue weighted by atomic mass is 16.2. The molecule has 0 aromatic heterocycles. The van der Waals surface area contributed by atoms with E-state index in [0.717, 1.165) is 11.3 Å². The summed E-state index contributed by atoms with van der Waals surface area (Å²) in [4.78, 5) is 0. The van der Waals surface area contributed by atoms with Crippen LogP contribution in [-0.2, 0) is 6.42 Å². The highest BCUT2D eigenvalue weighted by Gasteiger charge is 1.96. The Kier molecular flexibility index (Phi) is 6.96. The molecule has 0 saturated heterocycles. The third kappa shape index (κ3) is 3.92. The number of nitrogens with two attached hydrogens (primary N) is 1. The summed E-state index contributed by atoms with van der Waals surface area (Å²) < 4.78 is 0. The van der Waals surface area contributed by atoms with Crippen LogP contribution in [0, 0.1) is 0 Å². The molecule has 13 heavy (non-hydrogen) atoms. The van der Waals surface area contributed by atoms with E-state index < -0.39 is 0 Å². The highest BCUT2D eigenvalue weighted by Crippen LogP contribution is 2.13. The molecule has 1 aromatic carbocycles. The Morgan fingerprint density at radius 1 is 1.31 bits per heavy atom. The molecule has 0 aliphatic carbocycles. The number of para-hydroxylation sites is 1. The smallest absolute Gasteiger partial charge is 0.0517 e. The third-order valence-electron chi connectivity index (χ3n) is 1.55. The van der Waals surface area contributed by atoms with Crippen molar-refractivity contribution in [1.82, 2.24) is 0 Å². The largest absolute Gasteiger partial charge is 0.396 e. The molecule has 1 aromatic rings. The summed E-state index contributed by atoms with van der Waals surface area (Å²) in [5.74, 6) is 5.25. The summed E-state index contributed by atoms with van der Waals surface area (Å²) in [5, 5.41) is 8.67. The molecule has 0 unspecified atom stereocenters. The van der Waals surface area contributed by atoms with E-state index in [9.17, 15) is 0 Å². The molecule has 0 fully saturated rings. The molecule has 0 atom stereocenters. The van der Waals surface area contributed by atoms with Gasteiger partial charge in [0.1, 0.15) is 0 Å². The molecule has 0 aliphatic rings. The molecule has 4 N–H and O–H groups in total. The quantitative estimate of drug-likeness (QED) is 0.491. The van der Waals surface area contributed by atoms with Crippen LogP contribution in [0.25, 0.3) is 0 Å². The Labute approximate surface area is 79.6 Å². The first kappa shape index (κ1) is 11.9. The maximum absolute atomic E-state index is 8.67. The lowest BCUT2D eigenvalue weighted by Gasteiger charge is -2.05. The lowest BCUT2D eigenvalue weighted by atomic mass is 10.1. The van der Waals surface area contributed by atoms with Gasteiger partial charge in [0.25, 0.3) is 0 Å². The van der Waals surface area contributed by atoms with Crippen molar-refractivity contribution in [3.8, 4) is 0 Å². The summed E-state index contributed by atoms with van der Waals surface area (Å²) >= 11 is 0. The van der Waals surface area contributed by atoms with Crippen LogP contribution < -0.4 is 11.3 Å². The Hall–Kier alpha value is -1.06. The van der Waals surface area contributed by atoms with E-state index in [1.54, 1.807) is 0 Å². The van der Waals surface area contributed by atoms with Gasteiger partial charge in [0.15, 0.2) is 0 Å². The molecular formula is C10H18N2O. The van der Waals surface area contributed by atoms with Crippen molar-refractivity contribution in [1.29, 1.82) is 0 Å². The number of aliphatic hydroxyl groups excluding tert-OH is 1. The molecule has 0 heterocycles. The number of hydrogen-bond acceptors (Lipinski definition) is 3. The normalized spacial score (nSPS) is 8.62. The fourth-order valence-electron chi connectivity index (χ4n) is 1.000. The van der Waals surface area contributed by atoms with Crippen LogP contribution >= 0.6 is 0 Å². The number of nitrogen functional groups attached to an aromatic ring is 1. The zero-order chi connectivity index (χ0) is 10.1. The highest BCUT2D eigenvalue weighted by molar-refractivity contribution is 5.49. The molecular weight excluding hydrogens is 164 g/mol. The van der Waals surface area contributed by atoms with E-state index in [2.05, 4.69) is 5.43 Å². The zero-order valence-electron chi connectivity index (χ0n) is 8.25. The maximum atomic E-state index is 8.67. The Balaban J connectivity index is 0.000000671. The molecule has 0 aliphatic heterocycles. The van der Waals surface area contributed by atoms with Crippen molar-refractivity contribution < 1.29 is 5.11 Å². The molecule has 0 spiro atoms. The summed E-state index contributed by atoms with van der Waals surface area (Å²) in [5.41, 5.74) is 4.49. The minimum absolute atomic E-state index is 0.151. The lowest BCUT2D eigenvalue weighted by Crippen LogP contribution is -2.09. The first-order valence-corrected chi connectivity index (χ1v) is 4.54. The molecule has 0 saturated carbocycles. The van der Waals surface area contributed by atoms with E-state index >= 15 is 0 Å². The minimum atomic E-state index is 0.151. The Morgan fingerprint density at radius 3 is 2.46 bits per heavy atom. The Bertz CT molecular complexity index is 226. The molecule has 74 valence electrons. The van der Waals surface area contributed by atoms with Gasteiger partial charge < -0.3 is 10.5 Å². The van der Waals surface area contributed by atoms with E-state index in [1.165, 1.54) is 0 Å². The fraction of sp³-hybridized carbons (Fsp3) is 0.400. The predicted octanol–water partition coefficient (Wildman–Crippen LogP) is 1.53. The lowest BCUT2D eigenvalue weighted by molar-refractivity contribution is 0.300. The maximum Gasteiger partial charge on any atom is 0.0517 e. The molecule has 0 amide bonds. The fourth-order valence-corrected chi connectivity index (χ4v) is 1.000. The molecule has 0 radical (unpaired) electrons. The second kappa shape index (κ2) is 7.58. The monoisotopic (exact) mass is 182 g/mol.